The maximum absolute atomic E-state index is 13.7. The molecule has 176 valence electrons. The van der Waals surface area contributed by atoms with E-state index in [4.69, 9.17) is 9.84 Å². The van der Waals surface area contributed by atoms with Crippen molar-refractivity contribution in [3.8, 4) is 5.69 Å². The van der Waals surface area contributed by atoms with Gasteiger partial charge < -0.3 is 15.0 Å². The summed E-state index contributed by atoms with van der Waals surface area (Å²) >= 11 is 0. The fourth-order valence-electron chi connectivity index (χ4n) is 6.62. The summed E-state index contributed by atoms with van der Waals surface area (Å²) in [6.45, 7) is 9.89. The molecule has 3 aliphatic rings. The fraction of sp³-hybridized carbons (Fsp3) is 0.577. The molecular formula is C26H34N4O3. The first kappa shape index (κ1) is 22.0. The summed E-state index contributed by atoms with van der Waals surface area (Å²) < 4.78 is 7.10. The van der Waals surface area contributed by atoms with E-state index in [0.717, 1.165) is 29.8 Å². The van der Waals surface area contributed by atoms with Gasteiger partial charge in [-0.15, -0.1) is 0 Å². The summed E-state index contributed by atoms with van der Waals surface area (Å²) in [6, 6.07) is 10.00. The molecule has 2 aliphatic carbocycles. The van der Waals surface area contributed by atoms with Crippen molar-refractivity contribution in [1.29, 1.82) is 0 Å². The average molecular weight is 451 g/mol. The van der Waals surface area contributed by atoms with Crippen molar-refractivity contribution in [3.63, 3.8) is 0 Å². The van der Waals surface area contributed by atoms with Gasteiger partial charge >= 0.3 is 6.09 Å². The number of nitrogens with one attached hydrogen (secondary N) is 1. The van der Waals surface area contributed by atoms with Crippen LogP contribution in [0.15, 0.2) is 30.3 Å². The summed E-state index contributed by atoms with van der Waals surface area (Å²) in [7, 11) is 0. The minimum absolute atomic E-state index is 0.0572. The Kier molecular flexibility index (Phi) is 5.26. The van der Waals surface area contributed by atoms with E-state index in [1.165, 1.54) is 6.42 Å². The molecule has 1 aliphatic heterocycles. The zero-order valence-electron chi connectivity index (χ0n) is 20.1. The highest BCUT2D eigenvalue weighted by Gasteiger charge is 2.59. The molecule has 2 fully saturated rings. The van der Waals surface area contributed by atoms with Gasteiger partial charge in [0.2, 0.25) is 0 Å². The molecule has 0 spiro atoms. The van der Waals surface area contributed by atoms with Crippen LogP contribution in [0.1, 0.15) is 68.7 Å². The Bertz CT molecular complexity index is 1070. The van der Waals surface area contributed by atoms with Crippen LogP contribution in [0.5, 0.6) is 0 Å². The van der Waals surface area contributed by atoms with E-state index in [1.807, 2.05) is 35.0 Å². The Balaban J connectivity index is 1.50. The topological polar surface area (TPSA) is 76.5 Å². The zero-order valence-corrected chi connectivity index (χ0v) is 20.1. The number of nitrogens with zero attached hydrogens (tertiary/aromatic N) is 3. The Morgan fingerprint density at radius 2 is 1.97 bits per heavy atom. The third-order valence-corrected chi connectivity index (χ3v) is 8.34. The van der Waals surface area contributed by atoms with Crippen LogP contribution >= 0.6 is 0 Å². The quantitative estimate of drug-likeness (QED) is 0.752. The molecule has 1 aromatic carbocycles. The lowest BCUT2D eigenvalue weighted by Crippen LogP contribution is -2.52. The molecule has 2 heterocycles. The molecule has 7 heteroatoms. The minimum Gasteiger partial charge on any atom is -0.450 e. The van der Waals surface area contributed by atoms with Crippen molar-refractivity contribution in [2.24, 2.45) is 16.7 Å². The summed E-state index contributed by atoms with van der Waals surface area (Å²) in [5, 5.41) is 8.19. The van der Waals surface area contributed by atoms with Crippen LogP contribution in [0.4, 0.5) is 4.79 Å². The second-order valence-electron chi connectivity index (χ2n) is 10.7. The largest absolute Gasteiger partial charge is 0.450 e. The molecular weight excluding hydrogens is 416 g/mol. The second-order valence-corrected chi connectivity index (χ2v) is 10.7. The first-order valence-corrected chi connectivity index (χ1v) is 12.1. The smallest absolute Gasteiger partial charge is 0.410 e. The summed E-state index contributed by atoms with van der Waals surface area (Å²) in [4.78, 5) is 27.8. The number of carbonyl (C=O) groups excluding carboxylic acids is 2. The Labute approximate surface area is 195 Å². The highest BCUT2D eigenvalue weighted by molar-refractivity contribution is 5.94. The van der Waals surface area contributed by atoms with Gasteiger partial charge in [-0.25, -0.2) is 9.48 Å². The lowest BCUT2D eigenvalue weighted by atomic mass is 9.68. The predicted octanol–water partition coefficient (Wildman–Crippen LogP) is 4.33. The molecule has 0 saturated heterocycles. The Hall–Kier alpha value is -2.83. The van der Waals surface area contributed by atoms with E-state index in [0.29, 0.717) is 37.7 Å². The second kappa shape index (κ2) is 7.89. The molecule has 2 bridgehead atoms. The van der Waals surface area contributed by atoms with Crippen molar-refractivity contribution in [1.82, 2.24) is 20.0 Å². The third kappa shape index (κ3) is 3.52. The van der Waals surface area contributed by atoms with E-state index >= 15 is 0 Å². The molecule has 2 saturated carbocycles. The van der Waals surface area contributed by atoms with E-state index in [-0.39, 0.29) is 28.9 Å². The van der Waals surface area contributed by atoms with Crippen LogP contribution < -0.4 is 5.32 Å². The third-order valence-electron chi connectivity index (χ3n) is 8.34. The van der Waals surface area contributed by atoms with Gasteiger partial charge in [-0.1, -0.05) is 39.0 Å². The molecule has 2 aromatic rings. The molecule has 2 amide bonds. The van der Waals surface area contributed by atoms with E-state index in [2.05, 4.69) is 26.1 Å². The number of carbonyl (C=O) groups is 2. The summed E-state index contributed by atoms with van der Waals surface area (Å²) in [6.07, 6.45) is 3.83. The Morgan fingerprint density at radius 1 is 1.21 bits per heavy atom. The summed E-state index contributed by atoms with van der Waals surface area (Å²) in [5.74, 6) is 0.501. The number of benzene rings is 1. The average Bonchev–Trinajstić information content (AvgIpc) is 3.44. The SMILES string of the molecule is CCOC(=O)N1CCc2c(c(C(=O)NC3C4(C)CCC(C4)C3(C)C)nn2-c2ccccc2)C1. The molecule has 3 atom stereocenters. The highest BCUT2D eigenvalue weighted by Crippen LogP contribution is 2.62. The van der Waals surface area contributed by atoms with Crippen LogP contribution in [-0.4, -0.2) is 45.9 Å². The predicted molar refractivity (Wildman–Crippen MR) is 125 cm³/mol. The molecule has 3 unspecified atom stereocenters. The fourth-order valence-corrected chi connectivity index (χ4v) is 6.62. The number of fused-ring (bicyclic) bond motifs is 3. The van der Waals surface area contributed by atoms with Crippen LogP contribution in [0, 0.1) is 16.7 Å². The lowest BCUT2D eigenvalue weighted by Gasteiger charge is -2.43. The first-order valence-electron chi connectivity index (χ1n) is 12.1. The summed E-state index contributed by atoms with van der Waals surface area (Å²) in [5.41, 5.74) is 3.34. The van der Waals surface area contributed by atoms with Crippen LogP contribution in [0.25, 0.3) is 5.69 Å². The van der Waals surface area contributed by atoms with Crippen molar-refractivity contribution >= 4 is 12.0 Å². The maximum Gasteiger partial charge on any atom is 0.410 e. The van der Waals surface area contributed by atoms with E-state index in [9.17, 15) is 9.59 Å². The number of rotatable bonds is 4. The number of hydrogen-bond acceptors (Lipinski definition) is 4. The number of ether oxygens (including phenoxy) is 1. The normalized spacial score (nSPS) is 27.3. The van der Waals surface area contributed by atoms with Gasteiger partial charge in [-0.05, 0) is 55.1 Å². The minimum atomic E-state index is -0.344. The van der Waals surface area contributed by atoms with Crippen LogP contribution in [0.2, 0.25) is 0 Å². The van der Waals surface area contributed by atoms with Crippen LogP contribution in [0.3, 0.4) is 0 Å². The lowest BCUT2D eigenvalue weighted by molar-refractivity contribution is 0.0729. The molecule has 1 aromatic heterocycles. The number of aromatic nitrogens is 2. The molecule has 5 rings (SSSR count). The number of hydrogen-bond donors (Lipinski definition) is 1. The standard InChI is InChI=1S/C26H34N4O3/c1-5-33-24(32)29-14-12-20-19(16-29)21(28-30(20)18-9-7-6-8-10-18)22(31)27-23-25(2,3)17-11-13-26(23,4)15-17/h6-10,17,23H,5,11-16H2,1-4H3,(H,27,31). The van der Waals surface area contributed by atoms with Gasteiger partial charge in [0.15, 0.2) is 5.69 Å². The monoisotopic (exact) mass is 450 g/mol. The van der Waals surface area contributed by atoms with Crippen molar-refractivity contribution in [3.05, 3.63) is 47.3 Å². The van der Waals surface area contributed by atoms with Crippen molar-refractivity contribution < 1.29 is 14.3 Å². The first-order chi connectivity index (χ1) is 15.7. The Morgan fingerprint density at radius 3 is 2.64 bits per heavy atom. The van der Waals surface area contributed by atoms with E-state index < -0.39 is 0 Å². The van der Waals surface area contributed by atoms with Gasteiger partial charge in [-0.2, -0.15) is 5.10 Å². The van der Waals surface area contributed by atoms with Gasteiger partial charge in [0, 0.05) is 24.6 Å². The number of para-hydroxylation sites is 1. The number of amides is 2. The maximum atomic E-state index is 13.7. The van der Waals surface area contributed by atoms with Gasteiger partial charge in [0.05, 0.1) is 24.5 Å². The van der Waals surface area contributed by atoms with Crippen molar-refractivity contribution in [2.45, 2.75) is 66.0 Å². The molecule has 7 nitrogen and oxygen atoms in total. The van der Waals surface area contributed by atoms with Gasteiger partial charge in [-0.3, -0.25) is 4.79 Å². The molecule has 33 heavy (non-hydrogen) atoms. The highest BCUT2D eigenvalue weighted by atomic mass is 16.6. The van der Waals surface area contributed by atoms with Gasteiger partial charge in [0.1, 0.15) is 0 Å². The molecule has 1 N–H and O–H groups in total. The van der Waals surface area contributed by atoms with Crippen molar-refractivity contribution in [2.75, 3.05) is 13.2 Å². The molecule has 0 radical (unpaired) electrons. The van der Waals surface area contributed by atoms with E-state index in [1.54, 1.807) is 11.8 Å². The zero-order chi connectivity index (χ0) is 23.4. The van der Waals surface area contributed by atoms with Crippen LogP contribution in [-0.2, 0) is 17.7 Å². The van der Waals surface area contributed by atoms with Gasteiger partial charge in [0.25, 0.3) is 5.91 Å².